The van der Waals surface area contributed by atoms with E-state index in [0.717, 1.165) is 32.3 Å². The third-order valence-electron chi connectivity index (χ3n) is 3.54. The van der Waals surface area contributed by atoms with Gasteiger partial charge in [0, 0.05) is 12.6 Å². The van der Waals surface area contributed by atoms with Gasteiger partial charge in [0.2, 0.25) is 0 Å². The molecule has 4 nitrogen and oxygen atoms in total. The first kappa shape index (κ1) is 13.5. The summed E-state index contributed by atoms with van der Waals surface area (Å²) in [5, 5.41) is 3.24. The summed E-state index contributed by atoms with van der Waals surface area (Å²) in [5.41, 5.74) is 0.00599. The Morgan fingerprint density at radius 2 is 2.19 bits per heavy atom. The summed E-state index contributed by atoms with van der Waals surface area (Å²) in [4.78, 5) is 11.0. The van der Waals surface area contributed by atoms with Gasteiger partial charge in [-0.1, -0.05) is 13.8 Å². The Kier molecular flexibility index (Phi) is 5.22. The zero-order valence-corrected chi connectivity index (χ0v) is 10.5. The van der Waals surface area contributed by atoms with E-state index in [4.69, 9.17) is 4.74 Å². The molecular formula is C12H23NO3. The van der Waals surface area contributed by atoms with Gasteiger partial charge in [0.1, 0.15) is 0 Å². The van der Waals surface area contributed by atoms with E-state index in [-0.39, 0.29) is 11.6 Å². The first-order valence-electron chi connectivity index (χ1n) is 6.10. The normalized spacial score (nSPS) is 24.1. The Bertz CT molecular complexity index is 226. The van der Waals surface area contributed by atoms with E-state index in [1.165, 1.54) is 7.11 Å². The molecule has 4 heteroatoms. The van der Waals surface area contributed by atoms with Crippen molar-refractivity contribution in [3.8, 4) is 0 Å². The minimum Gasteiger partial charge on any atom is -0.468 e. The Morgan fingerprint density at radius 3 is 2.75 bits per heavy atom. The minimum absolute atomic E-state index is 0.00599. The topological polar surface area (TPSA) is 47.6 Å². The van der Waals surface area contributed by atoms with E-state index >= 15 is 0 Å². The maximum Gasteiger partial charge on any atom is 0.319 e. The number of hydrogen-bond acceptors (Lipinski definition) is 4. The quantitative estimate of drug-likeness (QED) is 0.726. The maximum absolute atomic E-state index is 11.0. The number of nitrogens with one attached hydrogen (secondary N) is 1. The van der Waals surface area contributed by atoms with Gasteiger partial charge in [0.15, 0.2) is 0 Å². The summed E-state index contributed by atoms with van der Waals surface area (Å²) >= 11 is 0. The first-order valence-corrected chi connectivity index (χ1v) is 6.10. The average molecular weight is 229 g/mol. The van der Waals surface area contributed by atoms with Crippen molar-refractivity contribution < 1.29 is 14.3 Å². The molecule has 1 N–H and O–H groups in total. The average Bonchev–Trinajstić information content (AvgIpc) is 2.36. The molecule has 1 rings (SSSR count). The highest BCUT2D eigenvalue weighted by molar-refractivity contribution is 5.71. The van der Waals surface area contributed by atoms with Crippen molar-refractivity contribution in [1.29, 1.82) is 0 Å². The van der Waals surface area contributed by atoms with E-state index in [1.807, 2.05) is 0 Å². The molecule has 1 saturated heterocycles. The molecule has 0 spiro atoms. The molecule has 1 unspecified atom stereocenters. The number of ether oxygens (including phenoxy) is 2. The molecule has 0 amide bonds. The fourth-order valence-corrected chi connectivity index (χ4v) is 2.24. The lowest BCUT2D eigenvalue weighted by Gasteiger charge is -2.40. The van der Waals surface area contributed by atoms with Gasteiger partial charge < -0.3 is 14.8 Å². The molecule has 1 aliphatic heterocycles. The van der Waals surface area contributed by atoms with Crippen LogP contribution >= 0.6 is 0 Å². The van der Waals surface area contributed by atoms with Crippen LogP contribution in [0.2, 0.25) is 0 Å². The van der Waals surface area contributed by atoms with Crippen LogP contribution in [0.1, 0.15) is 39.5 Å². The lowest BCUT2D eigenvalue weighted by Crippen LogP contribution is -2.47. The molecule has 16 heavy (non-hydrogen) atoms. The van der Waals surface area contributed by atoms with Crippen molar-refractivity contribution in [3.63, 3.8) is 0 Å². The van der Waals surface area contributed by atoms with Crippen LogP contribution in [0.15, 0.2) is 0 Å². The van der Waals surface area contributed by atoms with Crippen molar-refractivity contribution in [1.82, 2.24) is 5.32 Å². The number of hydrogen-bond donors (Lipinski definition) is 1. The molecule has 0 radical (unpaired) electrons. The second kappa shape index (κ2) is 6.21. The van der Waals surface area contributed by atoms with Gasteiger partial charge in [0.25, 0.3) is 0 Å². The van der Waals surface area contributed by atoms with Crippen LogP contribution in [-0.4, -0.2) is 37.9 Å². The fourth-order valence-electron chi connectivity index (χ4n) is 2.24. The van der Waals surface area contributed by atoms with Gasteiger partial charge in [-0.2, -0.15) is 0 Å². The fraction of sp³-hybridized carbons (Fsp3) is 0.917. The molecule has 0 aromatic carbocycles. The Labute approximate surface area is 97.7 Å². The van der Waals surface area contributed by atoms with Crippen LogP contribution in [0.25, 0.3) is 0 Å². The van der Waals surface area contributed by atoms with E-state index < -0.39 is 0 Å². The van der Waals surface area contributed by atoms with Crippen LogP contribution in [0.5, 0.6) is 0 Å². The summed E-state index contributed by atoms with van der Waals surface area (Å²) in [6.45, 7) is 5.39. The summed E-state index contributed by atoms with van der Waals surface area (Å²) in [6.07, 6.45) is 4.01. The lowest BCUT2D eigenvalue weighted by atomic mass is 9.86. The number of carbonyl (C=O) groups is 1. The molecule has 0 saturated carbocycles. The van der Waals surface area contributed by atoms with Crippen molar-refractivity contribution in [2.75, 3.05) is 20.3 Å². The van der Waals surface area contributed by atoms with Gasteiger partial charge in [-0.15, -0.1) is 0 Å². The largest absolute Gasteiger partial charge is 0.468 e. The van der Waals surface area contributed by atoms with Crippen molar-refractivity contribution in [2.24, 2.45) is 0 Å². The third-order valence-corrected chi connectivity index (χ3v) is 3.54. The smallest absolute Gasteiger partial charge is 0.319 e. The number of esters is 1. The predicted molar refractivity (Wildman–Crippen MR) is 62.3 cm³/mol. The SMILES string of the molecule is CCC1(CC)CC(NCC(=O)OC)CCO1. The molecule has 1 aliphatic rings. The van der Waals surface area contributed by atoms with Gasteiger partial charge in [0.05, 0.1) is 19.3 Å². The van der Waals surface area contributed by atoms with Gasteiger partial charge in [-0.05, 0) is 25.7 Å². The van der Waals surface area contributed by atoms with Gasteiger partial charge >= 0.3 is 5.97 Å². The minimum atomic E-state index is -0.204. The second-order valence-corrected chi connectivity index (χ2v) is 4.39. The molecular weight excluding hydrogens is 206 g/mol. The van der Waals surface area contributed by atoms with Crippen molar-refractivity contribution in [3.05, 3.63) is 0 Å². The molecule has 94 valence electrons. The predicted octanol–water partition coefficient (Wildman–Crippen LogP) is 1.49. The maximum atomic E-state index is 11.0. The van der Waals surface area contributed by atoms with Gasteiger partial charge in [-0.3, -0.25) is 4.79 Å². The zero-order chi connectivity index (χ0) is 12.0. The standard InChI is InChI=1S/C12H23NO3/c1-4-12(5-2)8-10(6-7-16-12)13-9-11(14)15-3/h10,13H,4-9H2,1-3H3. The summed E-state index contributed by atoms with van der Waals surface area (Å²) in [7, 11) is 1.41. The molecule has 1 fully saturated rings. The van der Waals surface area contributed by atoms with E-state index in [0.29, 0.717) is 12.6 Å². The number of methoxy groups -OCH3 is 1. The lowest BCUT2D eigenvalue weighted by molar-refractivity contribution is -0.140. The molecule has 0 aromatic heterocycles. The Balaban J connectivity index is 2.41. The summed E-state index contributed by atoms with van der Waals surface area (Å²) in [6, 6.07) is 0.368. The molecule has 0 bridgehead atoms. The van der Waals surface area contributed by atoms with Gasteiger partial charge in [-0.25, -0.2) is 0 Å². The highest BCUT2D eigenvalue weighted by Gasteiger charge is 2.34. The molecule has 0 aromatic rings. The van der Waals surface area contributed by atoms with Crippen LogP contribution in [0, 0.1) is 0 Å². The molecule has 0 aliphatic carbocycles. The number of carbonyl (C=O) groups excluding carboxylic acids is 1. The first-order chi connectivity index (χ1) is 7.65. The van der Waals surface area contributed by atoms with E-state index in [2.05, 4.69) is 23.9 Å². The van der Waals surface area contributed by atoms with Crippen LogP contribution in [-0.2, 0) is 14.3 Å². The number of rotatable bonds is 5. The zero-order valence-electron chi connectivity index (χ0n) is 10.5. The summed E-state index contributed by atoms with van der Waals surface area (Å²) < 4.78 is 10.5. The monoisotopic (exact) mass is 229 g/mol. The highest BCUT2D eigenvalue weighted by atomic mass is 16.5. The second-order valence-electron chi connectivity index (χ2n) is 4.39. The highest BCUT2D eigenvalue weighted by Crippen LogP contribution is 2.31. The van der Waals surface area contributed by atoms with Crippen LogP contribution in [0.3, 0.4) is 0 Å². The summed E-state index contributed by atoms with van der Waals surface area (Å²) in [5.74, 6) is -0.204. The van der Waals surface area contributed by atoms with Crippen LogP contribution < -0.4 is 5.32 Å². The Hall–Kier alpha value is -0.610. The van der Waals surface area contributed by atoms with E-state index in [9.17, 15) is 4.79 Å². The van der Waals surface area contributed by atoms with Crippen LogP contribution in [0.4, 0.5) is 0 Å². The Morgan fingerprint density at radius 1 is 1.50 bits per heavy atom. The molecule has 1 atom stereocenters. The van der Waals surface area contributed by atoms with Crippen molar-refractivity contribution >= 4 is 5.97 Å². The van der Waals surface area contributed by atoms with E-state index in [1.54, 1.807) is 0 Å². The molecule has 1 heterocycles. The third kappa shape index (κ3) is 3.46. The van der Waals surface area contributed by atoms with Crippen molar-refractivity contribution in [2.45, 2.75) is 51.2 Å².